The number of rotatable bonds is 0. The molecule has 2 saturated carbocycles. The van der Waals surface area contributed by atoms with E-state index in [1.54, 1.807) is 16.7 Å². The van der Waals surface area contributed by atoms with Gasteiger partial charge in [-0.3, -0.25) is 0 Å². The quantitative estimate of drug-likeness (QED) is 0.556. The molecular formula is C25H28. The third-order valence-electron chi connectivity index (χ3n) is 9.17. The first kappa shape index (κ1) is 13.8. The fraction of sp³-hybridized carbons (Fsp3) is 0.600. The highest BCUT2D eigenvalue weighted by molar-refractivity contribution is 5.67. The van der Waals surface area contributed by atoms with Crippen molar-refractivity contribution in [3.8, 4) is 0 Å². The largest absolute Gasteiger partial charge is 0.0804 e. The van der Waals surface area contributed by atoms with Gasteiger partial charge in [0.05, 0.1) is 0 Å². The molecule has 0 amide bonds. The Kier molecular flexibility index (Phi) is 2.50. The fourth-order valence-corrected chi connectivity index (χ4v) is 8.83. The van der Waals surface area contributed by atoms with Crippen LogP contribution in [-0.2, 0) is 18.3 Å². The molecule has 1 aromatic rings. The van der Waals surface area contributed by atoms with Gasteiger partial charge in [-0.25, -0.2) is 0 Å². The van der Waals surface area contributed by atoms with Gasteiger partial charge in [-0.05, 0) is 103 Å². The van der Waals surface area contributed by atoms with E-state index in [4.69, 9.17) is 0 Å². The second-order valence-corrected chi connectivity index (χ2v) is 9.81. The minimum atomic E-state index is 0.451. The fourth-order valence-electron chi connectivity index (χ4n) is 8.83. The molecule has 7 rings (SSSR count). The van der Waals surface area contributed by atoms with Crippen LogP contribution in [0.25, 0.3) is 0 Å². The summed E-state index contributed by atoms with van der Waals surface area (Å²) in [6.45, 7) is 0. The van der Waals surface area contributed by atoms with Crippen molar-refractivity contribution in [2.75, 3.05) is 0 Å². The Morgan fingerprint density at radius 3 is 2.80 bits per heavy atom. The van der Waals surface area contributed by atoms with Gasteiger partial charge in [0.15, 0.2) is 0 Å². The van der Waals surface area contributed by atoms with Gasteiger partial charge >= 0.3 is 0 Å². The smallest absolute Gasteiger partial charge is 0.0275 e. The van der Waals surface area contributed by atoms with Gasteiger partial charge in [0.2, 0.25) is 0 Å². The monoisotopic (exact) mass is 328 g/mol. The Hall–Kier alpha value is -1.30. The third kappa shape index (κ3) is 1.42. The molecule has 0 saturated heterocycles. The number of hydrogen-bond donors (Lipinski definition) is 0. The Morgan fingerprint density at radius 1 is 0.920 bits per heavy atom. The van der Waals surface area contributed by atoms with Crippen LogP contribution in [0.1, 0.15) is 68.1 Å². The van der Waals surface area contributed by atoms with Crippen molar-refractivity contribution in [1.82, 2.24) is 0 Å². The normalized spacial score (nSPS) is 42.6. The maximum absolute atomic E-state index is 2.65. The van der Waals surface area contributed by atoms with Gasteiger partial charge in [0.25, 0.3) is 0 Å². The lowest BCUT2D eigenvalue weighted by atomic mass is 9.49. The Balaban J connectivity index is 1.63. The summed E-state index contributed by atoms with van der Waals surface area (Å²) in [5.41, 5.74) is 11.5. The molecule has 0 nitrogen and oxygen atoms in total. The topological polar surface area (TPSA) is 0 Å². The van der Waals surface area contributed by atoms with Crippen LogP contribution in [0.4, 0.5) is 0 Å². The first-order valence-corrected chi connectivity index (χ1v) is 10.9. The van der Waals surface area contributed by atoms with E-state index in [0.29, 0.717) is 5.41 Å². The predicted molar refractivity (Wildman–Crippen MR) is 102 cm³/mol. The van der Waals surface area contributed by atoms with Gasteiger partial charge in [-0.15, -0.1) is 0 Å². The van der Waals surface area contributed by atoms with Crippen LogP contribution in [0.5, 0.6) is 0 Å². The van der Waals surface area contributed by atoms with Crippen LogP contribution in [0.15, 0.2) is 41.0 Å². The van der Waals surface area contributed by atoms with E-state index in [1.165, 1.54) is 64.2 Å². The van der Waals surface area contributed by atoms with Crippen molar-refractivity contribution in [2.24, 2.45) is 23.7 Å². The Bertz CT molecular complexity index is 853. The number of allylic oxidation sites excluding steroid dienone is 4. The van der Waals surface area contributed by atoms with E-state index in [9.17, 15) is 0 Å². The average molecular weight is 328 g/mol. The van der Waals surface area contributed by atoms with Gasteiger partial charge in [-0.2, -0.15) is 0 Å². The summed E-state index contributed by atoms with van der Waals surface area (Å²) < 4.78 is 0. The van der Waals surface area contributed by atoms with Gasteiger partial charge in [0.1, 0.15) is 0 Å². The molecule has 0 heterocycles. The molecule has 0 radical (unpaired) electrons. The lowest BCUT2D eigenvalue weighted by Crippen LogP contribution is -2.50. The van der Waals surface area contributed by atoms with E-state index >= 15 is 0 Å². The summed E-state index contributed by atoms with van der Waals surface area (Å²) in [4.78, 5) is 0. The highest BCUT2D eigenvalue weighted by atomic mass is 14.7. The Labute approximate surface area is 151 Å². The molecule has 1 aromatic carbocycles. The molecule has 6 aliphatic carbocycles. The molecule has 2 fully saturated rings. The molecule has 0 heteroatoms. The lowest BCUT2D eigenvalue weighted by Gasteiger charge is -2.54. The second-order valence-electron chi connectivity index (χ2n) is 9.81. The van der Waals surface area contributed by atoms with Crippen molar-refractivity contribution in [1.29, 1.82) is 0 Å². The van der Waals surface area contributed by atoms with E-state index in [0.717, 1.165) is 23.7 Å². The van der Waals surface area contributed by atoms with Crippen molar-refractivity contribution < 1.29 is 0 Å². The van der Waals surface area contributed by atoms with Crippen molar-refractivity contribution in [3.63, 3.8) is 0 Å². The highest BCUT2D eigenvalue weighted by Gasteiger charge is 2.65. The molecule has 5 atom stereocenters. The van der Waals surface area contributed by atoms with E-state index in [1.807, 2.05) is 16.7 Å². The van der Waals surface area contributed by atoms with Crippen LogP contribution >= 0.6 is 0 Å². The molecule has 1 spiro atoms. The molecule has 0 bridgehead atoms. The SMILES string of the molecule is C1=C2Cc3cccc4c3C3(C2=C(CC1)C1CCCC13)C1CCCC1C4. The number of benzene rings is 1. The molecule has 5 unspecified atom stereocenters. The summed E-state index contributed by atoms with van der Waals surface area (Å²) in [7, 11) is 0. The van der Waals surface area contributed by atoms with Crippen LogP contribution in [0.3, 0.4) is 0 Å². The van der Waals surface area contributed by atoms with E-state index in [-0.39, 0.29) is 0 Å². The molecule has 0 aliphatic heterocycles. The predicted octanol–water partition coefficient (Wildman–Crippen LogP) is 5.90. The zero-order valence-electron chi connectivity index (χ0n) is 15.2. The first-order chi connectivity index (χ1) is 12.4. The summed E-state index contributed by atoms with van der Waals surface area (Å²) in [5.74, 6) is 3.82. The molecular weight excluding hydrogens is 300 g/mol. The highest BCUT2D eigenvalue weighted by Crippen LogP contribution is 2.71. The number of hydrogen-bond acceptors (Lipinski definition) is 0. The maximum Gasteiger partial charge on any atom is 0.0275 e. The van der Waals surface area contributed by atoms with Gasteiger partial charge in [-0.1, -0.05) is 42.7 Å². The Morgan fingerprint density at radius 2 is 1.80 bits per heavy atom. The van der Waals surface area contributed by atoms with Gasteiger partial charge in [0, 0.05) is 5.41 Å². The summed E-state index contributed by atoms with van der Waals surface area (Å²) >= 11 is 0. The second kappa shape index (κ2) is 4.51. The van der Waals surface area contributed by atoms with E-state index in [2.05, 4.69) is 24.3 Å². The molecule has 6 aliphatic rings. The van der Waals surface area contributed by atoms with Crippen molar-refractivity contribution in [2.45, 2.75) is 69.6 Å². The van der Waals surface area contributed by atoms with Crippen LogP contribution in [0, 0.1) is 23.7 Å². The maximum atomic E-state index is 2.65. The standard InChI is InChI=1S/C25H28/c1-6-16-13-15-5-3-11-21(15)25-22-12-4-9-19(22)20-10-2-8-18(24(20)25)14-17(7-1)23(16)25/h1,6-8,15,19,21-22H,2-5,9-14H2. The lowest BCUT2D eigenvalue weighted by molar-refractivity contribution is 0.148. The van der Waals surface area contributed by atoms with Crippen LogP contribution < -0.4 is 0 Å². The minimum Gasteiger partial charge on any atom is -0.0804 e. The van der Waals surface area contributed by atoms with E-state index < -0.39 is 0 Å². The summed E-state index contributed by atoms with van der Waals surface area (Å²) in [6, 6.07) is 7.37. The van der Waals surface area contributed by atoms with Crippen molar-refractivity contribution >= 4 is 0 Å². The molecule has 0 N–H and O–H groups in total. The van der Waals surface area contributed by atoms with Gasteiger partial charge < -0.3 is 0 Å². The summed E-state index contributed by atoms with van der Waals surface area (Å²) in [5, 5.41) is 0. The number of fused-ring (bicyclic) bond motifs is 3. The molecule has 25 heavy (non-hydrogen) atoms. The minimum absolute atomic E-state index is 0.451. The molecule has 0 aromatic heterocycles. The average Bonchev–Trinajstić information content (AvgIpc) is 3.34. The van der Waals surface area contributed by atoms with Crippen LogP contribution in [-0.4, -0.2) is 0 Å². The first-order valence-electron chi connectivity index (χ1n) is 10.9. The third-order valence-corrected chi connectivity index (χ3v) is 9.17. The zero-order chi connectivity index (χ0) is 16.2. The van der Waals surface area contributed by atoms with Crippen molar-refractivity contribution in [3.05, 3.63) is 57.7 Å². The van der Waals surface area contributed by atoms with Crippen LogP contribution in [0.2, 0.25) is 0 Å². The summed E-state index contributed by atoms with van der Waals surface area (Å²) in [6.07, 6.45) is 16.9. The zero-order valence-corrected chi connectivity index (χ0v) is 15.2. The molecule has 128 valence electrons.